The number of carbonyl (C=O) groups excluding carboxylic acids is 1. The molecule has 7 nitrogen and oxygen atoms in total. The van der Waals surface area contributed by atoms with E-state index in [-0.39, 0.29) is 24.1 Å². The number of hydrogen-bond acceptors (Lipinski definition) is 5. The lowest BCUT2D eigenvalue weighted by Gasteiger charge is -2.35. The minimum Gasteiger partial charge on any atom is -0.346 e. The normalized spacial score (nSPS) is 15.9. The predicted octanol–water partition coefficient (Wildman–Crippen LogP) is 2.02. The van der Waals surface area contributed by atoms with Gasteiger partial charge in [-0.3, -0.25) is 14.5 Å². The molecule has 0 radical (unpaired) electrons. The van der Waals surface area contributed by atoms with Crippen molar-refractivity contribution in [3.8, 4) is 11.3 Å². The van der Waals surface area contributed by atoms with Gasteiger partial charge < -0.3 is 10.2 Å². The van der Waals surface area contributed by atoms with Crippen molar-refractivity contribution < 1.29 is 4.79 Å². The second-order valence-corrected chi connectivity index (χ2v) is 8.22. The van der Waals surface area contributed by atoms with Crippen LogP contribution in [0.5, 0.6) is 0 Å². The second-order valence-electron chi connectivity index (χ2n) is 8.22. The highest BCUT2D eigenvalue weighted by Gasteiger charge is 2.21. The van der Waals surface area contributed by atoms with E-state index in [0.29, 0.717) is 5.69 Å². The Balaban J connectivity index is 1.48. The third-order valence-electron chi connectivity index (χ3n) is 5.80. The van der Waals surface area contributed by atoms with Crippen molar-refractivity contribution in [2.45, 2.75) is 12.6 Å². The maximum atomic E-state index is 13.0. The fraction of sp³-hybridized carbons (Fsp3) is 0.320. The molecule has 1 atom stereocenters. The molecule has 2 heterocycles. The van der Waals surface area contributed by atoms with E-state index in [9.17, 15) is 9.59 Å². The molecule has 1 aliphatic heterocycles. The van der Waals surface area contributed by atoms with E-state index in [0.717, 1.165) is 43.9 Å². The molecular formula is C25H29N5O2. The highest BCUT2D eigenvalue weighted by Crippen LogP contribution is 2.16. The van der Waals surface area contributed by atoms with E-state index < -0.39 is 0 Å². The number of benzene rings is 2. The summed E-state index contributed by atoms with van der Waals surface area (Å²) in [7, 11) is 2.13. The van der Waals surface area contributed by atoms with Gasteiger partial charge in [-0.05, 0) is 18.7 Å². The lowest BCUT2D eigenvalue weighted by Crippen LogP contribution is -2.48. The molecular weight excluding hydrogens is 402 g/mol. The number of piperazine rings is 1. The van der Waals surface area contributed by atoms with Crippen LogP contribution in [0.4, 0.5) is 0 Å². The van der Waals surface area contributed by atoms with Crippen molar-refractivity contribution in [3.05, 3.63) is 88.7 Å². The molecule has 1 saturated heterocycles. The summed E-state index contributed by atoms with van der Waals surface area (Å²) in [5.41, 5.74) is 2.32. The van der Waals surface area contributed by atoms with E-state index >= 15 is 0 Å². The third kappa shape index (κ3) is 5.69. The molecule has 1 unspecified atom stereocenters. The third-order valence-corrected chi connectivity index (χ3v) is 5.80. The molecule has 166 valence electrons. The van der Waals surface area contributed by atoms with Gasteiger partial charge in [-0.15, -0.1) is 0 Å². The monoisotopic (exact) mass is 431 g/mol. The zero-order valence-electron chi connectivity index (χ0n) is 18.4. The van der Waals surface area contributed by atoms with Crippen LogP contribution in [0.15, 0.2) is 77.6 Å². The summed E-state index contributed by atoms with van der Waals surface area (Å²) < 4.78 is 1.23. The number of nitrogens with zero attached hydrogens (tertiary/aromatic N) is 4. The van der Waals surface area contributed by atoms with E-state index in [1.54, 1.807) is 6.07 Å². The van der Waals surface area contributed by atoms with Gasteiger partial charge in [0.05, 0.1) is 11.7 Å². The molecule has 0 saturated carbocycles. The van der Waals surface area contributed by atoms with Gasteiger partial charge in [0.2, 0.25) is 5.91 Å². The van der Waals surface area contributed by atoms with Crippen LogP contribution in [0, 0.1) is 0 Å². The van der Waals surface area contributed by atoms with E-state index in [1.165, 1.54) is 10.7 Å². The van der Waals surface area contributed by atoms with Gasteiger partial charge in [0, 0.05) is 44.4 Å². The van der Waals surface area contributed by atoms with Crippen molar-refractivity contribution in [1.29, 1.82) is 0 Å². The lowest BCUT2D eigenvalue weighted by atomic mass is 10.1. The Morgan fingerprint density at radius 2 is 1.59 bits per heavy atom. The van der Waals surface area contributed by atoms with Gasteiger partial charge in [0.15, 0.2) is 0 Å². The maximum absolute atomic E-state index is 13.0. The molecule has 1 fully saturated rings. The number of carbonyl (C=O) groups is 1. The predicted molar refractivity (Wildman–Crippen MR) is 125 cm³/mol. The van der Waals surface area contributed by atoms with Crippen LogP contribution >= 0.6 is 0 Å². The molecule has 0 bridgehead atoms. The summed E-state index contributed by atoms with van der Waals surface area (Å²) in [6.07, 6.45) is 0. The Bertz CT molecular complexity index is 1080. The Labute approximate surface area is 188 Å². The van der Waals surface area contributed by atoms with Crippen molar-refractivity contribution in [3.63, 3.8) is 0 Å². The molecule has 1 aromatic heterocycles. The molecule has 1 N–H and O–H groups in total. The van der Waals surface area contributed by atoms with E-state index in [4.69, 9.17) is 0 Å². The number of rotatable bonds is 7. The topological polar surface area (TPSA) is 70.5 Å². The molecule has 3 aromatic rings. The summed E-state index contributed by atoms with van der Waals surface area (Å²) in [6, 6.07) is 22.6. The molecule has 0 spiro atoms. The molecule has 2 aromatic carbocycles. The highest BCUT2D eigenvalue weighted by molar-refractivity contribution is 5.76. The smallest absolute Gasteiger partial charge is 0.267 e. The highest BCUT2D eigenvalue weighted by atomic mass is 16.2. The molecule has 32 heavy (non-hydrogen) atoms. The SMILES string of the molecule is CN1CCN(CC(NC(=O)Cn2nc(-c3ccccc3)ccc2=O)c2ccccc2)CC1. The first-order chi connectivity index (χ1) is 15.6. The Hall–Kier alpha value is -3.29. The Morgan fingerprint density at radius 3 is 2.28 bits per heavy atom. The van der Waals surface area contributed by atoms with Crippen molar-refractivity contribution in [1.82, 2.24) is 24.9 Å². The number of hydrogen-bond donors (Lipinski definition) is 1. The van der Waals surface area contributed by atoms with Gasteiger partial charge in [0.25, 0.3) is 5.56 Å². The zero-order chi connectivity index (χ0) is 22.3. The summed E-state index contributed by atoms with van der Waals surface area (Å²) >= 11 is 0. The van der Waals surface area contributed by atoms with Gasteiger partial charge in [0.1, 0.15) is 6.54 Å². The molecule has 7 heteroatoms. The van der Waals surface area contributed by atoms with Crippen LogP contribution in [0.3, 0.4) is 0 Å². The minimum absolute atomic E-state index is 0.119. The first kappa shape index (κ1) is 21.9. The number of aromatic nitrogens is 2. The number of nitrogens with one attached hydrogen (secondary N) is 1. The van der Waals surface area contributed by atoms with Crippen LogP contribution in [0.2, 0.25) is 0 Å². The van der Waals surface area contributed by atoms with Gasteiger partial charge >= 0.3 is 0 Å². The van der Waals surface area contributed by atoms with Crippen LogP contribution in [-0.2, 0) is 11.3 Å². The van der Waals surface area contributed by atoms with E-state index in [2.05, 4.69) is 27.3 Å². The molecule has 1 amide bonds. The first-order valence-electron chi connectivity index (χ1n) is 11.0. The van der Waals surface area contributed by atoms with Crippen molar-refractivity contribution >= 4 is 5.91 Å². The number of likely N-dealkylation sites (N-methyl/N-ethyl adjacent to an activating group) is 1. The van der Waals surface area contributed by atoms with Crippen LogP contribution in [-0.4, -0.2) is 65.3 Å². The van der Waals surface area contributed by atoms with Gasteiger partial charge in [-0.1, -0.05) is 60.7 Å². The van der Waals surface area contributed by atoms with Gasteiger partial charge in [-0.25, -0.2) is 4.68 Å². The molecule has 0 aliphatic carbocycles. The number of amides is 1. The standard InChI is InChI=1S/C25H29N5O2/c1-28-14-16-29(17-15-28)18-23(21-10-6-3-7-11-21)26-24(31)19-30-25(32)13-12-22(27-30)20-8-4-2-5-9-20/h2-13,23H,14-19H2,1H3,(H,26,31). The lowest BCUT2D eigenvalue weighted by molar-refractivity contribution is -0.122. The summed E-state index contributed by atoms with van der Waals surface area (Å²) in [6.45, 7) is 4.58. The maximum Gasteiger partial charge on any atom is 0.267 e. The summed E-state index contributed by atoms with van der Waals surface area (Å²) in [5, 5.41) is 7.55. The van der Waals surface area contributed by atoms with Gasteiger partial charge in [-0.2, -0.15) is 5.10 Å². The minimum atomic E-state index is -0.296. The molecule has 4 rings (SSSR count). The average molecular weight is 432 g/mol. The Kier molecular flexibility index (Phi) is 7.09. The first-order valence-corrected chi connectivity index (χ1v) is 11.0. The fourth-order valence-electron chi connectivity index (χ4n) is 3.91. The van der Waals surface area contributed by atoms with Crippen molar-refractivity contribution in [2.75, 3.05) is 39.8 Å². The fourth-order valence-corrected chi connectivity index (χ4v) is 3.91. The Morgan fingerprint density at radius 1 is 0.938 bits per heavy atom. The van der Waals surface area contributed by atoms with Crippen LogP contribution < -0.4 is 10.9 Å². The largest absolute Gasteiger partial charge is 0.346 e. The molecule has 1 aliphatic rings. The second kappa shape index (κ2) is 10.3. The zero-order valence-corrected chi connectivity index (χ0v) is 18.4. The average Bonchev–Trinajstić information content (AvgIpc) is 2.82. The van der Waals surface area contributed by atoms with Crippen LogP contribution in [0.1, 0.15) is 11.6 Å². The quantitative estimate of drug-likeness (QED) is 0.620. The summed E-state index contributed by atoms with van der Waals surface area (Å²) in [5.74, 6) is -0.229. The van der Waals surface area contributed by atoms with E-state index in [1.807, 2.05) is 60.7 Å². The van der Waals surface area contributed by atoms with Crippen LogP contribution in [0.25, 0.3) is 11.3 Å². The van der Waals surface area contributed by atoms with Crippen molar-refractivity contribution in [2.24, 2.45) is 0 Å². The summed E-state index contributed by atoms with van der Waals surface area (Å²) in [4.78, 5) is 30.0.